The summed E-state index contributed by atoms with van der Waals surface area (Å²) in [6.07, 6.45) is -0.280. The fourth-order valence-corrected chi connectivity index (χ4v) is 5.26. The molecule has 37 heavy (non-hydrogen) atoms. The number of fused-ring (bicyclic) bond motifs is 4. The van der Waals surface area contributed by atoms with Crippen LogP contribution < -0.4 is 33.2 Å². The zero-order valence-corrected chi connectivity index (χ0v) is 21.9. The van der Waals surface area contributed by atoms with Crippen molar-refractivity contribution in [1.82, 2.24) is 0 Å². The van der Waals surface area contributed by atoms with Crippen LogP contribution in [0.15, 0.2) is 42.5 Å². The van der Waals surface area contributed by atoms with Gasteiger partial charge in [0.05, 0.1) is 28.4 Å². The minimum Gasteiger partial charge on any atom is -0.493 e. The molecule has 1 heterocycles. The summed E-state index contributed by atoms with van der Waals surface area (Å²) in [6, 6.07) is 13.2. The second-order valence-electron chi connectivity index (χ2n) is 9.43. The summed E-state index contributed by atoms with van der Waals surface area (Å²) >= 11 is 0. The molecule has 3 atom stereocenters. The van der Waals surface area contributed by atoms with Gasteiger partial charge in [-0.3, -0.25) is 0 Å². The molecule has 8 heteroatoms. The van der Waals surface area contributed by atoms with Crippen molar-refractivity contribution in [2.75, 3.05) is 35.2 Å². The van der Waals surface area contributed by atoms with E-state index < -0.39 is 11.7 Å². The number of para-hydroxylation sites is 1. The maximum atomic E-state index is 12.1. The van der Waals surface area contributed by atoms with Crippen LogP contribution >= 0.6 is 0 Å². The topological polar surface area (TPSA) is 84.8 Å². The Morgan fingerprint density at radius 2 is 1.57 bits per heavy atom. The van der Waals surface area contributed by atoms with Crippen LogP contribution in [0.1, 0.15) is 31.1 Å². The maximum Gasteiger partial charge on any atom is 0.231 e. The Labute approximate surface area is 216 Å². The third-order valence-corrected chi connectivity index (χ3v) is 7.35. The van der Waals surface area contributed by atoms with Crippen molar-refractivity contribution in [2.45, 2.75) is 32.0 Å². The normalized spacial score (nSPS) is 21.7. The molecular formula is C29H32O8. The van der Waals surface area contributed by atoms with E-state index in [9.17, 15) is 5.11 Å². The minimum absolute atomic E-state index is 0.0948. The van der Waals surface area contributed by atoms with Gasteiger partial charge in [0.15, 0.2) is 29.1 Å². The molecular weight excluding hydrogens is 476 g/mol. The summed E-state index contributed by atoms with van der Waals surface area (Å²) < 4.78 is 41.5. The van der Waals surface area contributed by atoms with Crippen LogP contribution in [0.5, 0.6) is 40.2 Å². The lowest BCUT2D eigenvalue weighted by atomic mass is 9.73. The summed E-state index contributed by atoms with van der Waals surface area (Å²) in [6.45, 7) is 3.90. The fourth-order valence-electron chi connectivity index (χ4n) is 5.26. The molecule has 0 fully saturated rings. The first-order valence-corrected chi connectivity index (χ1v) is 12.1. The quantitative estimate of drug-likeness (QED) is 0.488. The first kappa shape index (κ1) is 24.9. The van der Waals surface area contributed by atoms with Crippen molar-refractivity contribution in [3.63, 3.8) is 0 Å². The molecule has 0 saturated heterocycles. The second-order valence-corrected chi connectivity index (χ2v) is 9.43. The average molecular weight is 509 g/mol. The highest BCUT2D eigenvalue weighted by molar-refractivity contribution is 5.89. The Morgan fingerprint density at radius 1 is 0.865 bits per heavy atom. The van der Waals surface area contributed by atoms with Gasteiger partial charge in [0.25, 0.3) is 0 Å². The van der Waals surface area contributed by atoms with Crippen LogP contribution in [-0.2, 0) is 6.42 Å². The summed E-state index contributed by atoms with van der Waals surface area (Å²) in [5.41, 5.74) is 1.71. The number of rotatable bonds is 6. The lowest BCUT2D eigenvalue weighted by Gasteiger charge is -2.41. The van der Waals surface area contributed by atoms with Gasteiger partial charge in [-0.25, -0.2) is 0 Å². The number of ether oxygens (including phenoxy) is 7. The third-order valence-electron chi connectivity index (χ3n) is 7.35. The second kappa shape index (κ2) is 9.59. The van der Waals surface area contributed by atoms with Crippen molar-refractivity contribution >= 4 is 0 Å². The first-order valence-electron chi connectivity index (χ1n) is 12.1. The van der Waals surface area contributed by atoms with E-state index in [1.807, 2.05) is 49.4 Å². The molecule has 8 nitrogen and oxygen atoms in total. The molecule has 0 radical (unpaired) electrons. The summed E-state index contributed by atoms with van der Waals surface area (Å²) in [5.74, 6) is 3.33. The molecule has 0 spiro atoms. The molecule has 1 N–H and O–H groups in total. The number of aliphatic hydroxyl groups is 1. The van der Waals surface area contributed by atoms with E-state index in [1.54, 1.807) is 35.4 Å². The standard InChI is InChI=1S/C29H32O8/c1-16-12-17-13-21-25(36-15-35-21)26(33-5)22(17)23-19(14-20(31-3)24(32-4)27(23)34-6)28(29(16,2)30)37-18-10-8-7-9-11-18/h7-11,13-14,16,28,30H,12,15H2,1-6H3/t16-,28+,29+/m1/s1. The van der Waals surface area contributed by atoms with E-state index in [-0.39, 0.29) is 12.7 Å². The Morgan fingerprint density at radius 3 is 2.22 bits per heavy atom. The molecule has 0 bridgehead atoms. The monoisotopic (exact) mass is 508 g/mol. The van der Waals surface area contributed by atoms with Gasteiger partial charge >= 0.3 is 0 Å². The molecule has 3 aromatic carbocycles. The van der Waals surface area contributed by atoms with Crippen LogP contribution in [0.25, 0.3) is 11.1 Å². The van der Waals surface area contributed by atoms with Gasteiger partial charge < -0.3 is 38.3 Å². The van der Waals surface area contributed by atoms with Crippen molar-refractivity contribution in [3.8, 4) is 51.4 Å². The SMILES string of the molecule is COc1cc2c(c(OC)c1OC)-c1c(cc3c(c1OC)OCO3)C[C@@H](C)[C@](C)(O)[C@H]2Oc1ccccc1. The lowest BCUT2D eigenvalue weighted by molar-refractivity contribution is -0.0871. The first-order chi connectivity index (χ1) is 17.8. The molecule has 0 aromatic heterocycles. The Hall–Kier alpha value is -3.78. The molecule has 1 aliphatic heterocycles. The molecule has 5 rings (SSSR count). The molecule has 1 aliphatic carbocycles. The fraction of sp³-hybridized carbons (Fsp3) is 0.379. The minimum atomic E-state index is -1.30. The number of methoxy groups -OCH3 is 4. The van der Waals surface area contributed by atoms with E-state index in [0.717, 1.165) is 11.1 Å². The van der Waals surface area contributed by atoms with Crippen molar-refractivity contribution < 1.29 is 38.3 Å². The van der Waals surface area contributed by atoms with E-state index in [4.69, 9.17) is 33.2 Å². The number of hydrogen-bond acceptors (Lipinski definition) is 8. The van der Waals surface area contributed by atoms with Gasteiger partial charge in [0.2, 0.25) is 18.3 Å². The third kappa shape index (κ3) is 3.96. The van der Waals surface area contributed by atoms with Crippen molar-refractivity contribution in [1.29, 1.82) is 0 Å². The van der Waals surface area contributed by atoms with E-state index in [2.05, 4.69) is 0 Å². The Kier molecular flexibility index (Phi) is 6.45. The van der Waals surface area contributed by atoms with Crippen LogP contribution in [-0.4, -0.2) is 45.9 Å². The predicted molar refractivity (Wildman–Crippen MR) is 138 cm³/mol. The summed E-state index contributed by atoms with van der Waals surface area (Å²) in [7, 11) is 6.29. The van der Waals surface area contributed by atoms with Gasteiger partial charge in [0.1, 0.15) is 11.4 Å². The zero-order valence-electron chi connectivity index (χ0n) is 21.9. The molecule has 2 aliphatic rings. The highest BCUT2D eigenvalue weighted by Crippen LogP contribution is 2.59. The van der Waals surface area contributed by atoms with Gasteiger partial charge in [-0.1, -0.05) is 25.1 Å². The molecule has 3 aromatic rings. The maximum absolute atomic E-state index is 12.1. The summed E-state index contributed by atoms with van der Waals surface area (Å²) in [4.78, 5) is 0. The molecule has 0 unspecified atom stereocenters. The van der Waals surface area contributed by atoms with E-state index in [1.165, 1.54) is 0 Å². The van der Waals surface area contributed by atoms with Gasteiger partial charge in [-0.15, -0.1) is 0 Å². The van der Waals surface area contributed by atoms with Crippen LogP contribution in [0.2, 0.25) is 0 Å². The lowest BCUT2D eigenvalue weighted by Crippen LogP contribution is -2.44. The zero-order chi connectivity index (χ0) is 26.3. The largest absolute Gasteiger partial charge is 0.493 e. The van der Waals surface area contributed by atoms with E-state index >= 15 is 0 Å². The average Bonchev–Trinajstić information content (AvgIpc) is 3.38. The van der Waals surface area contributed by atoms with Crippen LogP contribution in [0.4, 0.5) is 0 Å². The van der Waals surface area contributed by atoms with Gasteiger partial charge in [-0.2, -0.15) is 0 Å². The van der Waals surface area contributed by atoms with Crippen molar-refractivity contribution in [2.24, 2.45) is 5.92 Å². The molecule has 0 saturated carbocycles. The smallest absolute Gasteiger partial charge is 0.231 e. The van der Waals surface area contributed by atoms with E-state index in [0.29, 0.717) is 57.8 Å². The van der Waals surface area contributed by atoms with Gasteiger partial charge in [-0.05, 0) is 49.1 Å². The highest BCUT2D eigenvalue weighted by Gasteiger charge is 2.46. The van der Waals surface area contributed by atoms with Crippen LogP contribution in [0.3, 0.4) is 0 Å². The van der Waals surface area contributed by atoms with Crippen LogP contribution in [0, 0.1) is 5.92 Å². The molecule has 196 valence electrons. The number of hydrogen-bond donors (Lipinski definition) is 1. The van der Waals surface area contributed by atoms with Gasteiger partial charge in [0, 0.05) is 16.7 Å². The van der Waals surface area contributed by atoms with Crippen molar-refractivity contribution in [3.05, 3.63) is 53.6 Å². The highest BCUT2D eigenvalue weighted by atomic mass is 16.7. The molecule has 0 amide bonds. The Bertz CT molecular complexity index is 1300. The number of benzene rings is 3. The summed E-state index contributed by atoms with van der Waals surface area (Å²) in [5, 5.41) is 12.1. The predicted octanol–water partition coefficient (Wildman–Crippen LogP) is 5.18. The Balaban J connectivity index is 1.91.